The average Bonchev–Trinajstić information content (AvgIpc) is 2.34. The summed E-state index contributed by atoms with van der Waals surface area (Å²) >= 11 is 0. The second kappa shape index (κ2) is 4.37. The van der Waals surface area contributed by atoms with Crippen molar-refractivity contribution in [1.29, 1.82) is 0 Å². The molecule has 2 atom stereocenters. The van der Waals surface area contributed by atoms with E-state index in [4.69, 9.17) is 0 Å². The lowest BCUT2D eigenvalue weighted by atomic mass is 10.1. The number of amides is 2. The Hall–Kier alpha value is -1.16. The number of likely N-dealkylation sites (N-methyl/N-ethyl adjacent to an activating group) is 1. The highest BCUT2D eigenvalue weighted by molar-refractivity contribution is 6.05. The Labute approximate surface area is 84.0 Å². The first kappa shape index (κ1) is 10.9. The fourth-order valence-corrected chi connectivity index (χ4v) is 1.55. The van der Waals surface area contributed by atoms with Gasteiger partial charge in [-0.3, -0.25) is 14.5 Å². The molecule has 78 valence electrons. The molecule has 4 heteroatoms. The molecule has 14 heavy (non-hydrogen) atoms. The van der Waals surface area contributed by atoms with Crippen LogP contribution in [0, 0.1) is 0 Å². The molecule has 2 unspecified atom stereocenters. The molecular formula is C10H16N2O2. The summed E-state index contributed by atoms with van der Waals surface area (Å²) in [6.07, 6.45) is 2.86. The predicted octanol–water partition coefficient (Wildman–Crippen LogP) is 0.298. The van der Waals surface area contributed by atoms with E-state index in [1.165, 1.54) is 11.9 Å². The molecule has 1 aliphatic rings. The topological polar surface area (TPSA) is 49.4 Å². The van der Waals surface area contributed by atoms with E-state index in [9.17, 15) is 9.59 Å². The Morgan fingerprint density at radius 1 is 1.71 bits per heavy atom. The number of nitrogens with zero attached hydrogens (tertiary/aromatic N) is 1. The number of carbonyl (C=O) groups excluding carboxylic acids is 2. The van der Waals surface area contributed by atoms with Gasteiger partial charge in [0.15, 0.2) is 0 Å². The second-order valence-corrected chi connectivity index (χ2v) is 3.64. The molecule has 0 bridgehead atoms. The molecule has 2 amide bonds. The number of carbonyl (C=O) groups is 2. The molecule has 0 aromatic heterocycles. The minimum absolute atomic E-state index is 0.113. The molecule has 1 fully saturated rings. The Morgan fingerprint density at radius 2 is 2.36 bits per heavy atom. The van der Waals surface area contributed by atoms with Crippen LogP contribution in [0.2, 0.25) is 0 Å². The van der Waals surface area contributed by atoms with Gasteiger partial charge in [-0.15, -0.1) is 6.58 Å². The highest BCUT2D eigenvalue weighted by Gasteiger charge is 2.36. The van der Waals surface area contributed by atoms with Crippen LogP contribution in [-0.2, 0) is 9.59 Å². The van der Waals surface area contributed by atoms with E-state index in [2.05, 4.69) is 11.9 Å². The molecule has 0 aliphatic carbocycles. The van der Waals surface area contributed by atoms with Crippen molar-refractivity contribution < 1.29 is 9.59 Å². The van der Waals surface area contributed by atoms with Crippen LogP contribution in [0.3, 0.4) is 0 Å². The van der Waals surface area contributed by atoms with Crippen LogP contribution in [0.25, 0.3) is 0 Å². The first-order valence-corrected chi connectivity index (χ1v) is 4.73. The summed E-state index contributed by atoms with van der Waals surface area (Å²) in [6.45, 7) is 5.59. The molecule has 1 heterocycles. The average molecular weight is 196 g/mol. The fourth-order valence-electron chi connectivity index (χ4n) is 1.55. The van der Waals surface area contributed by atoms with Crippen LogP contribution < -0.4 is 5.32 Å². The number of nitrogens with one attached hydrogen (secondary N) is 1. The standard InChI is InChI=1S/C10H16N2O2/c1-4-5-7(2)11-8-6-9(13)12(3)10(8)14/h4,7-8,11H,1,5-6H2,2-3H3. The number of rotatable bonds is 4. The lowest BCUT2D eigenvalue weighted by Gasteiger charge is -2.16. The maximum atomic E-state index is 11.5. The molecule has 0 saturated carbocycles. The van der Waals surface area contributed by atoms with E-state index in [-0.39, 0.29) is 30.3 Å². The van der Waals surface area contributed by atoms with Gasteiger partial charge in [0.05, 0.1) is 12.5 Å². The lowest BCUT2D eigenvalue weighted by molar-refractivity contribution is -0.137. The molecule has 4 nitrogen and oxygen atoms in total. The Kier molecular flexibility index (Phi) is 3.41. The van der Waals surface area contributed by atoms with E-state index in [0.717, 1.165) is 6.42 Å². The van der Waals surface area contributed by atoms with E-state index < -0.39 is 0 Å². The summed E-state index contributed by atoms with van der Waals surface area (Å²) in [4.78, 5) is 23.8. The Balaban J connectivity index is 2.51. The van der Waals surface area contributed by atoms with Gasteiger partial charge >= 0.3 is 0 Å². The summed E-state index contributed by atoms with van der Waals surface area (Å²) < 4.78 is 0. The van der Waals surface area contributed by atoms with Crippen molar-refractivity contribution in [2.75, 3.05) is 7.05 Å². The zero-order chi connectivity index (χ0) is 10.7. The molecule has 0 radical (unpaired) electrons. The van der Waals surface area contributed by atoms with E-state index >= 15 is 0 Å². The first-order chi connectivity index (χ1) is 6.56. The third kappa shape index (κ3) is 2.20. The second-order valence-electron chi connectivity index (χ2n) is 3.64. The third-order valence-corrected chi connectivity index (χ3v) is 2.39. The predicted molar refractivity (Wildman–Crippen MR) is 53.6 cm³/mol. The van der Waals surface area contributed by atoms with Crippen LogP contribution in [0.1, 0.15) is 19.8 Å². The van der Waals surface area contributed by atoms with Crippen molar-refractivity contribution in [2.24, 2.45) is 0 Å². The molecule has 1 aliphatic heterocycles. The van der Waals surface area contributed by atoms with Gasteiger partial charge in [-0.05, 0) is 13.3 Å². The largest absolute Gasteiger partial charge is 0.303 e. The quantitative estimate of drug-likeness (QED) is 0.519. The summed E-state index contributed by atoms with van der Waals surface area (Å²) in [5, 5.41) is 3.11. The Morgan fingerprint density at radius 3 is 2.79 bits per heavy atom. The Bertz CT molecular complexity index is 263. The zero-order valence-corrected chi connectivity index (χ0v) is 8.62. The van der Waals surface area contributed by atoms with Crippen molar-refractivity contribution in [3.63, 3.8) is 0 Å². The van der Waals surface area contributed by atoms with Crippen LogP contribution in [0.15, 0.2) is 12.7 Å². The van der Waals surface area contributed by atoms with E-state index in [0.29, 0.717) is 0 Å². The minimum Gasteiger partial charge on any atom is -0.303 e. The normalized spacial score (nSPS) is 24.1. The molecule has 0 aromatic carbocycles. The van der Waals surface area contributed by atoms with Crippen LogP contribution in [0.4, 0.5) is 0 Å². The van der Waals surface area contributed by atoms with Crippen molar-refractivity contribution in [1.82, 2.24) is 10.2 Å². The summed E-state index contributed by atoms with van der Waals surface area (Å²) in [5.41, 5.74) is 0. The maximum absolute atomic E-state index is 11.5. The number of imide groups is 1. The molecule has 1 N–H and O–H groups in total. The van der Waals surface area contributed by atoms with Gasteiger partial charge in [-0.25, -0.2) is 0 Å². The fraction of sp³-hybridized carbons (Fsp3) is 0.600. The molecule has 0 spiro atoms. The van der Waals surface area contributed by atoms with Crippen molar-refractivity contribution >= 4 is 11.8 Å². The lowest BCUT2D eigenvalue weighted by Crippen LogP contribution is -2.41. The van der Waals surface area contributed by atoms with Crippen molar-refractivity contribution in [3.8, 4) is 0 Å². The summed E-state index contributed by atoms with van der Waals surface area (Å²) in [6, 6.07) is -0.164. The SMILES string of the molecule is C=CCC(C)NC1CC(=O)N(C)C1=O. The van der Waals surface area contributed by atoms with Crippen LogP contribution >= 0.6 is 0 Å². The van der Waals surface area contributed by atoms with Crippen LogP contribution in [0.5, 0.6) is 0 Å². The molecule has 1 saturated heterocycles. The number of hydrogen-bond donors (Lipinski definition) is 1. The number of hydrogen-bond acceptors (Lipinski definition) is 3. The maximum Gasteiger partial charge on any atom is 0.246 e. The summed E-state index contributed by atoms with van der Waals surface area (Å²) in [5.74, 6) is -0.246. The number of likely N-dealkylation sites (tertiary alicyclic amines) is 1. The summed E-state index contributed by atoms with van der Waals surface area (Å²) in [7, 11) is 1.52. The highest BCUT2D eigenvalue weighted by atomic mass is 16.2. The van der Waals surface area contributed by atoms with Gasteiger partial charge < -0.3 is 5.32 Å². The van der Waals surface area contributed by atoms with E-state index in [1.807, 2.05) is 6.92 Å². The van der Waals surface area contributed by atoms with Crippen molar-refractivity contribution in [3.05, 3.63) is 12.7 Å². The molecule has 0 aromatic rings. The van der Waals surface area contributed by atoms with Gasteiger partial charge in [0.25, 0.3) is 0 Å². The first-order valence-electron chi connectivity index (χ1n) is 4.73. The molecule has 1 rings (SSSR count). The van der Waals surface area contributed by atoms with Gasteiger partial charge in [0, 0.05) is 13.1 Å². The zero-order valence-electron chi connectivity index (χ0n) is 8.62. The third-order valence-electron chi connectivity index (χ3n) is 2.39. The molecular weight excluding hydrogens is 180 g/mol. The van der Waals surface area contributed by atoms with Gasteiger partial charge in [0.1, 0.15) is 0 Å². The van der Waals surface area contributed by atoms with Gasteiger partial charge in [-0.2, -0.15) is 0 Å². The van der Waals surface area contributed by atoms with Crippen molar-refractivity contribution in [2.45, 2.75) is 31.8 Å². The van der Waals surface area contributed by atoms with E-state index in [1.54, 1.807) is 6.08 Å². The highest BCUT2D eigenvalue weighted by Crippen LogP contribution is 2.11. The van der Waals surface area contributed by atoms with Gasteiger partial charge in [-0.1, -0.05) is 6.08 Å². The minimum atomic E-state index is -0.345. The van der Waals surface area contributed by atoms with Crippen LogP contribution in [-0.4, -0.2) is 35.8 Å². The monoisotopic (exact) mass is 196 g/mol. The van der Waals surface area contributed by atoms with Gasteiger partial charge in [0.2, 0.25) is 11.8 Å². The smallest absolute Gasteiger partial charge is 0.246 e.